The van der Waals surface area contributed by atoms with Crippen LogP contribution >= 0.6 is 0 Å². The van der Waals surface area contributed by atoms with Crippen LogP contribution in [0.25, 0.3) is 16.9 Å². The topological polar surface area (TPSA) is 56.7 Å². The van der Waals surface area contributed by atoms with Gasteiger partial charge in [0.1, 0.15) is 5.69 Å². The van der Waals surface area contributed by atoms with E-state index in [4.69, 9.17) is 5.73 Å². The van der Waals surface area contributed by atoms with Gasteiger partial charge in [-0.1, -0.05) is 41.1 Å². The summed E-state index contributed by atoms with van der Waals surface area (Å²) in [4.78, 5) is 0. The molecule has 2 aromatic carbocycles. The molecule has 0 aliphatic heterocycles. The number of hydrogen-bond acceptors (Lipinski definition) is 3. The second-order valence-electron chi connectivity index (χ2n) is 4.89. The van der Waals surface area contributed by atoms with Crippen LogP contribution in [0.3, 0.4) is 0 Å². The van der Waals surface area contributed by atoms with Crippen molar-refractivity contribution in [2.75, 3.05) is 5.73 Å². The van der Waals surface area contributed by atoms with Gasteiger partial charge in [0.15, 0.2) is 5.82 Å². The second kappa shape index (κ2) is 4.81. The van der Waals surface area contributed by atoms with Gasteiger partial charge in [-0.2, -0.15) is 4.68 Å². The van der Waals surface area contributed by atoms with Gasteiger partial charge in [-0.25, -0.2) is 0 Å². The molecule has 0 atom stereocenters. The first-order chi connectivity index (χ1) is 9.66. The molecule has 0 spiro atoms. The Morgan fingerprint density at radius 3 is 2.50 bits per heavy atom. The lowest BCUT2D eigenvalue weighted by Crippen LogP contribution is -2.02. The molecule has 1 heterocycles. The fourth-order valence-corrected chi connectivity index (χ4v) is 2.23. The van der Waals surface area contributed by atoms with Gasteiger partial charge < -0.3 is 5.73 Å². The average Bonchev–Trinajstić information content (AvgIpc) is 2.84. The summed E-state index contributed by atoms with van der Waals surface area (Å²) in [6.45, 7) is 4.11. The number of nitrogens with two attached hydrogens (primary N) is 1. The highest BCUT2D eigenvalue weighted by atomic mass is 15.5. The largest absolute Gasteiger partial charge is 0.382 e. The van der Waals surface area contributed by atoms with Gasteiger partial charge in [-0.3, -0.25) is 0 Å². The molecule has 0 saturated carbocycles. The zero-order valence-corrected chi connectivity index (χ0v) is 11.5. The van der Waals surface area contributed by atoms with Crippen molar-refractivity contribution >= 4 is 5.82 Å². The molecule has 0 fully saturated rings. The third-order valence-electron chi connectivity index (χ3n) is 3.35. The van der Waals surface area contributed by atoms with Gasteiger partial charge in [0.2, 0.25) is 0 Å². The van der Waals surface area contributed by atoms with Gasteiger partial charge in [-0.05, 0) is 37.6 Å². The Kier molecular flexibility index (Phi) is 2.99. The number of nitrogen functional groups attached to an aromatic ring is 1. The molecule has 0 radical (unpaired) electrons. The molecular formula is C16H16N4. The Labute approximate surface area is 117 Å². The zero-order chi connectivity index (χ0) is 14.1. The van der Waals surface area contributed by atoms with Crippen LogP contribution in [0.4, 0.5) is 5.82 Å². The van der Waals surface area contributed by atoms with Crippen molar-refractivity contribution in [1.82, 2.24) is 15.0 Å². The SMILES string of the molecule is Cc1ccc(C)c(-c2nnn(-c3ccccc3)c2N)c1. The summed E-state index contributed by atoms with van der Waals surface area (Å²) in [6, 6.07) is 16.0. The molecule has 0 saturated heterocycles. The summed E-state index contributed by atoms with van der Waals surface area (Å²) >= 11 is 0. The fourth-order valence-electron chi connectivity index (χ4n) is 2.23. The van der Waals surface area contributed by atoms with Crippen LogP contribution in [0, 0.1) is 13.8 Å². The highest BCUT2D eigenvalue weighted by Gasteiger charge is 2.14. The lowest BCUT2D eigenvalue weighted by atomic mass is 10.0. The van der Waals surface area contributed by atoms with Gasteiger partial charge in [0.05, 0.1) is 5.69 Å². The van der Waals surface area contributed by atoms with Crippen molar-refractivity contribution in [3.63, 3.8) is 0 Å². The molecule has 100 valence electrons. The van der Waals surface area contributed by atoms with E-state index in [1.807, 2.05) is 30.3 Å². The third-order valence-corrected chi connectivity index (χ3v) is 3.35. The number of nitrogens with zero attached hydrogens (tertiary/aromatic N) is 3. The lowest BCUT2D eigenvalue weighted by molar-refractivity contribution is 0.810. The fraction of sp³-hybridized carbons (Fsp3) is 0.125. The van der Waals surface area contributed by atoms with Gasteiger partial charge in [0, 0.05) is 5.56 Å². The minimum absolute atomic E-state index is 0.560. The van der Waals surface area contributed by atoms with E-state index >= 15 is 0 Å². The molecule has 2 N–H and O–H groups in total. The van der Waals surface area contributed by atoms with Gasteiger partial charge in [0.25, 0.3) is 0 Å². The van der Waals surface area contributed by atoms with Crippen molar-refractivity contribution in [3.8, 4) is 16.9 Å². The van der Waals surface area contributed by atoms with E-state index in [-0.39, 0.29) is 0 Å². The smallest absolute Gasteiger partial charge is 0.155 e. The maximum absolute atomic E-state index is 6.22. The highest BCUT2D eigenvalue weighted by Crippen LogP contribution is 2.28. The Bertz CT molecular complexity index is 744. The highest BCUT2D eigenvalue weighted by molar-refractivity contribution is 5.74. The maximum atomic E-state index is 6.22. The lowest BCUT2D eigenvalue weighted by Gasteiger charge is -2.06. The Balaban J connectivity index is 2.14. The number of hydrogen-bond donors (Lipinski definition) is 1. The Morgan fingerprint density at radius 2 is 1.75 bits per heavy atom. The summed E-state index contributed by atoms with van der Waals surface area (Å²) in [5.74, 6) is 0.560. The van der Waals surface area contributed by atoms with E-state index in [0.717, 1.165) is 22.5 Å². The monoisotopic (exact) mass is 264 g/mol. The maximum Gasteiger partial charge on any atom is 0.155 e. The molecule has 0 amide bonds. The molecule has 0 bridgehead atoms. The predicted octanol–water partition coefficient (Wildman–Crippen LogP) is 3.13. The molecule has 20 heavy (non-hydrogen) atoms. The summed E-state index contributed by atoms with van der Waals surface area (Å²) in [7, 11) is 0. The van der Waals surface area contributed by atoms with Crippen LogP contribution in [0.15, 0.2) is 48.5 Å². The Morgan fingerprint density at radius 1 is 1.00 bits per heavy atom. The van der Waals surface area contributed by atoms with Gasteiger partial charge in [-0.15, -0.1) is 5.10 Å². The molecule has 4 heteroatoms. The van der Waals surface area contributed by atoms with Crippen LogP contribution < -0.4 is 5.73 Å². The van der Waals surface area contributed by atoms with Crippen LogP contribution in [0.5, 0.6) is 0 Å². The van der Waals surface area contributed by atoms with Crippen molar-refractivity contribution < 1.29 is 0 Å². The van der Waals surface area contributed by atoms with Crippen molar-refractivity contribution in [2.45, 2.75) is 13.8 Å². The molecule has 0 aliphatic carbocycles. The van der Waals surface area contributed by atoms with E-state index in [2.05, 4.69) is 42.4 Å². The number of anilines is 1. The molecule has 1 aromatic heterocycles. The first-order valence-corrected chi connectivity index (χ1v) is 6.51. The standard InChI is InChI=1S/C16H16N4/c1-11-8-9-12(2)14(10-11)15-16(17)20(19-18-15)13-6-4-3-5-7-13/h3-10H,17H2,1-2H3. The minimum Gasteiger partial charge on any atom is -0.382 e. The number of aryl methyl sites for hydroxylation is 2. The first-order valence-electron chi connectivity index (χ1n) is 6.51. The molecule has 3 aromatic rings. The number of benzene rings is 2. The zero-order valence-electron chi connectivity index (χ0n) is 11.5. The minimum atomic E-state index is 0.560. The second-order valence-corrected chi connectivity index (χ2v) is 4.89. The van der Waals surface area contributed by atoms with E-state index in [1.54, 1.807) is 4.68 Å². The molecular weight excluding hydrogens is 248 g/mol. The summed E-state index contributed by atoms with van der Waals surface area (Å²) in [5.41, 5.74) is 11.2. The summed E-state index contributed by atoms with van der Waals surface area (Å²) < 4.78 is 1.66. The summed E-state index contributed by atoms with van der Waals surface area (Å²) in [5, 5.41) is 8.43. The molecule has 3 rings (SSSR count). The number of para-hydroxylation sites is 1. The van der Waals surface area contributed by atoms with E-state index in [0.29, 0.717) is 5.82 Å². The molecule has 4 nitrogen and oxygen atoms in total. The molecule has 0 aliphatic rings. The van der Waals surface area contributed by atoms with E-state index in [1.165, 1.54) is 5.56 Å². The van der Waals surface area contributed by atoms with E-state index < -0.39 is 0 Å². The normalized spacial score (nSPS) is 10.7. The third kappa shape index (κ3) is 2.05. The van der Waals surface area contributed by atoms with Crippen LogP contribution in [0.2, 0.25) is 0 Å². The number of rotatable bonds is 2. The van der Waals surface area contributed by atoms with E-state index in [9.17, 15) is 0 Å². The van der Waals surface area contributed by atoms with Crippen LogP contribution in [0.1, 0.15) is 11.1 Å². The predicted molar refractivity (Wildman–Crippen MR) is 80.7 cm³/mol. The Hall–Kier alpha value is -2.62. The summed E-state index contributed by atoms with van der Waals surface area (Å²) in [6.07, 6.45) is 0. The van der Waals surface area contributed by atoms with Crippen LogP contribution in [-0.4, -0.2) is 15.0 Å². The average molecular weight is 264 g/mol. The van der Waals surface area contributed by atoms with Crippen molar-refractivity contribution in [3.05, 3.63) is 59.7 Å². The van der Waals surface area contributed by atoms with Crippen molar-refractivity contribution in [1.29, 1.82) is 0 Å². The molecule has 0 unspecified atom stereocenters. The first kappa shape index (κ1) is 12.4. The van der Waals surface area contributed by atoms with Crippen molar-refractivity contribution in [2.24, 2.45) is 0 Å². The van der Waals surface area contributed by atoms with Crippen LogP contribution in [-0.2, 0) is 0 Å². The quantitative estimate of drug-likeness (QED) is 0.773. The number of aromatic nitrogens is 3. The van der Waals surface area contributed by atoms with Gasteiger partial charge >= 0.3 is 0 Å².